The lowest BCUT2D eigenvalue weighted by Gasteiger charge is -2.38. The SMILES string of the molecule is CC.CC.CC.CC(C)(c1ccccc1)c1ccc(C(C)(C)c2ccccc2)cc1.CC(C)(c1ccccc1)c1cccc(C(C)(C)c2ccccc2)c1.COC.COC.COC.c1ccc(C2(c3ccccc3)CCCCC2)cc1. The third-order valence-corrected chi connectivity index (χ3v) is 15.0. The molecule has 0 aromatic heterocycles. The number of methoxy groups -OCH3 is 3. The van der Waals surface area contributed by atoms with E-state index in [1.807, 2.05) is 41.5 Å². The minimum atomic E-state index is -0.00988. The summed E-state index contributed by atoms with van der Waals surface area (Å²) < 4.78 is 12.8. The molecule has 0 saturated heterocycles. The van der Waals surface area contributed by atoms with E-state index in [0.717, 1.165) is 0 Å². The molecule has 3 nitrogen and oxygen atoms in total. The fourth-order valence-corrected chi connectivity index (χ4v) is 10.1. The summed E-state index contributed by atoms with van der Waals surface area (Å²) in [5.41, 5.74) is 14.1. The average Bonchev–Trinajstić information content (AvgIpc) is 3.60. The summed E-state index contributed by atoms with van der Waals surface area (Å²) in [6.07, 6.45) is 6.68. The van der Waals surface area contributed by atoms with Gasteiger partial charge in [-0.05, 0) is 68.5 Å². The van der Waals surface area contributed by atoms with Gasteiger partial charge in [-0.1, -0.05) is 347 Å². The zero-order valence-electron chi connectivity index (χ0n) is 54.2. The normalized spacial score (nSPS) is 12.2. The van der Waals surface area contributed by atoms with Gasteiger partial charge in [-0.2, -0.15) is 0 Å². The van der Waals surface area contributed by atoms with Gasteiger partial charge in [-0.25, -0.2) is 0 Å². The number of hydrogen-bond donors (Lipinski definition) is 0. The third-order valence-electron chi connectivity index (χ3n) is 15.0. The molecule has 0 amide bonds. The molecular formula is C78H108O3. The largest absolute Gasteiger partial charge is 0.388 e. The van der Waals surface area contributed by atoms with Crippen molar-refractivity contribution in [2.24, 2.45) is 0 Å². The molecule has 9 rings (SSSR count). The summed E-state index contributed by atoms with van der Waals surface area (Å²) >= 11 is 0. The lowest BCUT2D eigenvalue weighted by Crippen LogP contribution is -2.30. The molecule has 81 heavy (non-hydrogen) atoms. The smallest absolute Gasteiger partial charge is 0.0351 e. The zero-order valence-corrected chi connectivity index (χ0v) is 54.2. The van der Waals surface area contributed by atoms with Crippen molar-refractivity contribution in [3.05, 3.63) is 286 Å². The quantitative estimate of drug-likeness (QED) is 0.137. The van der Waals surface area contributed by atoms with Gasteiger partial charge in [0.15, 0.2) is 0 Å². The Morgan fingerprint density at radius 2 is 0.432 bits per heavy atom. The topological polar surface area (TPSA) is 27.7 Å². The van der Waals surface area contributed by atoms with E-state index in [-0.39, 0.29) is 27.1 Å². The second kappa shape index (κ2) is 39.1. The molecule has 1 aliphatic rings. The van der Waals surface area contributed by atoms with Gasteiger partial charge in [0.25, 0.3) is 0 Å². The van der Waals surface area contributed by atoms with Gasteiger partial charge in [0, 0.05) is 69.7 Å². The molecule has 0 heterocycles. The Morgan fingerprint density at radius 1 is 0.247 bits per heavy atom. The molecular weight excluding hydrogens is 985 g/mol. The number of ether oxygens (including phenoxy) is 3. The molecule has 1 saturated carbocycles. The van der Waals surface area contributed by atoms with Gasteiger partial charge in [0.2, 0.25) is 0 Å². The Labute approximate surface area is 496 Å². The highest BCUT2D eigenvalue weighted by Gasteiger charge is 2.35. The highest BCUT2D eigenvalue weighted by molar-refractivity contribution is 5.46. The Morgan fingerprint density at radius 3 is 0.667 bits per heavy atom. The molecule has 0 spiro atoms. The summed E-state index contributed by atoms with van der Waals surface area (Å²) in [4.78, 5) is 0. The van der Waals surface area contributed by atoms with Crippen molar-refractivity contribution < 1.29 is 14.2 Å². The molecule has 438 valence electrons. The average molecular weight is 1090 g/mol. The fourth-order valence-electron chi connectivity index (χ4n) is 10.1. The van der Waals surface area contributed by atoms with Crippen molar-refractivity contribution in [1.82, 2.24) is 0 Å². The predicted molar refractivity (Wildman–Crippen MR) is 357 cm³/mol. The third kappa shape index (κ3) is 21.8. The summed E-state index contributed by atoms with van der Waals surface area (Å²) in [6.45, 7) is 30.4. The van der Waals surface area contributed by atoms with Crippen LogP contribution in [0.1, 0.15) is 185 Å². The van der Waals surface area contributed by atoms with Crippen LogP contribution in [0.2, 0.25) is 0 Å². The monoisotopic (exact) mass is 1090 g/mol. The van der Waals surface area contributed by atoms with E-state index in [1.165, 1.54) is 87.7 Å². The van der Waals surface area contributed by atoms with Crippen molar-refractivity contribution in [3.8, 4) is 0 Å². The van der Waals surface area contributed by atoms with Crippen LogP contribution in [-0.2, 0) is 41.3 Å². The van der Waals surface area contributed by atoms with E-state index in [4.69, 9.17) is 0 Å². The first-order valence-electron chi connectivity index (χ1n) is 29.8. The number of hydrogen-bond acceptors (Lipinski definition) is 3. The van der Waals surface area contributed by atoms with Crippen LogP contribution in [0.15, 0.2) is 231 Å². The molecule has 0 atom stereocenters. The molecule has 0 aliphatic heterocycles. The first kappa shape index (κ1) is 72.7. The fraction of sp³-hybridized carbons (Fsp3) is 0.385. The lowest BCUT2D eigenvalue weighted by atomic mass is 9.65. The molecule has 0 radical (unpaired) electrons. The zero-order chi connectivity index (χ0) is 60.8. The minimum Gasteiger partial charge on any atom is -0.388 e. The number of benzene rings is 8. The predicted octanol–water partition coefficient (Wildman–Crippen LogP) is 21.5. The van der Waals surface area contributed by atoms with E-state index in [2.05, 4.69) is 300 Å². The maximum Gasteiger partial charge on any atom is 0.0351 e. The van der Waals surface area contributed by atoms with Gasteiger partial charge in [-0.3, -0.25) is 0 Å². The van der Waals surface area contributed by atoms with Crippen LogP contribution in [0.3, 0.4) is 0 Å². The van der Waals surface area contributed by atoms with Crippen LogP contribution < -0.4 is 0 Å². The van der Waals surface area contributed by atoms with Crippen LogP contribution in [0.4, 0.5) is 0 Å². The van der Waals surface area contributed by atoms with Crippen LogP contribution >= 0.6 is 0 Å². The second-order valence-electron chi connectivity index (χ2n) is 21.7. The Hall–Kier alpha value is -6.36. The van der Waals surface area contributed by atoms with Gasteiger partial charge in [0.1, 0.15) is 0 Å². The van der Waals surface area contributed by atoms with E-state index in [9.17, 15) is 0 Å². The van der Waals surface area contributed by atoms with Crippen LogP contribution in [-0.4, -0.2) is 42.7 Å². The standard InChI is InChI=1S/2C24H26.C18H20.3C2H6O.3C2H6/c1-23(2,19-12-7-5-8-13-19)21-16-11-17-22(18-21)24(3,4)20-14-9-6-10-15-20;1-23(2,19-11-7-5-8-12-19)21-15-17-22(18-16-21)24(3,4)20-13-9-6-10-14-20;1-4-10-16(11-5-1)18(14-8-3-9-15-18)17-12-6-2-7-13-17;3*1-3-2;3*1-2/h2*5-18H,1-4H3;1-2,4-7,10-13H,3,8-9,14-15H2;3*1-2H3;3*1-2H3. The molecule has 8 aromatic rings. The Balaban J connectivity index is 0.000000545. The van der Waals surface area contributed by atoms with E-state index in [0.29, 0.717) is 0 Å². The molecule has 0 bridgehead atoms. The molecule has 8 aromatic carbocycles. The Kier molecular flexibility index (Phi) is 35.1. The van der Waals surface area contributed by atoms with Crippen molar-refractivity contribution >= 4 is 0 Å². The van der Waals surface area contributed by atoms with Gasteiger partial charge < -0.3 is 14.2 Å². The molecule has 0 N–H and O–H groups in total. The summed E-state index contributed by atoms with van der Waals surface area (Å²) in [5.74, 6) is 0. The number of rotatable bonds is 10. The van der Waals surface area contributed by atoms with E-state index < -0.39 is 0 Å². The lowest BCUT2D eigenvalue weighted by molar-refractivity contribution is 0.277. The summed E-state index contributed by atoms with van der Waals surface area (Å²) in [7, 11) is 9.75. The highest BCUT2D eigenvalue weighted by atomic mass is 16.5. The first-order valence-corrected chi connectivity index (χ1v) is 29.8. The second-order valence-corrected chi connectivity index (χ2v) is 21.7. The summed E-state index contributed by atoms with van der Waals surface area (Å²) in [5, 5.41) is 0. The van der Waals surface area contributed by atoms with Crippen LogP contribution in [0.5, 0.6) is 0 Å². The highest BCUT2D eigenvalue weighted by Crippen LogP contribution is 2.45. The van der Waals surface area contributed by atoms with Gasteiger partial charge in [-0.15, -0.1) is 0 Å². The van der Waals surface area contributed by atoms with Crippen molar-refractivity contribution in [2.45, 2.75) is 156 Å². The molecule has 0 unspecified atom stereocenters. The Bertz CT molecular complexity index is 2540. The van der Waals surface area contributed by atoms with Crippen LogP contribution in [0.25, 0.3) is 0 Å². The van der Waals surface area contributed by atoms with Crippen LogP contribution in [0, 0.1) is 0 Å². The summed E-state index contributed by atoms with van der Waals surface area (Å²) in [6, 6.07) is 83.3. The van der Waals surface area contributed by atoms with Crippen molar-refractivity contribution in [3.63, 3.8) is 0 Å². The van der Waals surface area contributed by atoms with E-state index in [1.54, 1.807) is 42.7 Å². The maximum atomic E-state index is 4.25. The first-order chi connectivity index (χ1) is 39.0. The molecule has 1 fully saturated rings. The maximum absolute atomic E-state index is 4.25. The molecule has 1 aliphatic carbocycles. The van der Waals surface area contributed by atoms with E-state index >= 15 is 0 Å². The van der Waals surface area contributed by atoms with Gasteiger partial charge in [0.05, 0.1) is 0 Å². The van der Waals surface area contributed by atoms with Crippen molar-refractivity contribution in [2.75, 3.05) is 42.7 Å². The van der Waals surface area contributed by atoms with Crippen molar-refractivity contribution in [1.29, 1.82) is 0 Å². The van der Waals surface area contributed by atoms with Gasteiger partial charge >= 0.3 is 0 Å². The minimum absolute atomic E-state index is 0.00988. The molecule has 3 heteroatoms.